The van der Waals surface area contributed by atoms with Gasteiger partial charge in [-0.15, -0.1) is 20.4 Å². The molecule has 0 saturated heterocycles. The van der Waals surface area contributed by atoms with Gasteiger partial charge in [-0.05, 0) is 43.7 Å². The maximum Gasteiger partial charge on any atom is 0.233 e. The second kappa shape index (κ2) is 7.08. The van der Waals surface area contributed by atoms with Gasteiger partial charge in [-0.1, -0.05) is 5.16 Å². The average molecular weight is 392 g/mol. The SMILES string of the molecule is Cc1onc(-c2ccc(F)cc2)c1COc1ccc(-c2nnc3n2CCC3)nn1. The van der Waals surface area contributed by atoms with Crippen molar-refractivity contribution in [2.45, 2.75) is 32.9 Å². The Bertz CT molecular complexity index is 1150. The summed E-state index contributed by atoms with van der Waals surface area (Å²) in [6.45, 7) is 2.91. The van der Waals surface area contributed by atoms with Crippen LogP contribution in [0.4, 0.5) is 4.39 Å². The summed E-state index contributed by atoms with van der Waals surface area (Å²) < 4.78 is 26.4. The minimum Gasteiger partial charge on any atom is -0.472 e. The topological polar surface area (TPSA) is 91.8 Å². The molecule has 0 amide bonds. The van der Waals surface area contributed by atoms with E-state index in [2.05, 4.69) is 30.1 Å². The van der Waals surface area contributed by atoms with Crippen LogP contribution in [0, 0.1) is 12.7 Å². The molecule has 3 aromatic heterocycles. The second-order valence-electron chi connectivity index (χ2n) is 6.81. The Morgan fingerprint density at radius 1 is 1.07 bits per heavy atom. The van der Waals surface area contributed by atoms with Crippen LogP contribution in [0.15, 0.2) is 40.9 Å². The van der Waals surface area contributed by atoms with E-state index in [-0.39, 0.29) is 12.4 Å². The zero-order valence-electron chi connectivity index (χ0n) is 15.7. The van der Waals surface area contributed by atoms with Crippen LogP contribution >= 0.6 is 0 Å². The predicted octanol–water partition coefficient (Wildman–Crippen LogP) is 3.36. The summed E-state index contributed by atoms with van der Waals surface area (Å²) in [6.07, 6.45) is 2.01. The Hall–Kier alpha value is -3.62. The number of nitrogens with zero attached hydrogens (tertiary/aromatic N) is 6. The lowest BCUT2D eigenvalue weighted by molar-refractivity contribution is 0.287. The van der Waals surface area contributed by atoms with Crippen LogP contribution < -0.4 is 4.74 Å². The highest BCUT2D eigenvalue weighted by Gasteiger charge is 2.20. The fraction of sp³-hybridized carbons (Fsp3) is 0.250. The van der Waals surface area contributed by atoms with E-state index < -0.39 is 0 Å². The monoisotopic (exact) mass is 392 g/mol. The van der Waals surface area contributed by atoms with Crippen LogP contribution in [0.2, 0.25) is 0 Å². The van der Waals surface area contributed by atoms with Gasteiger partial charge in [0.2, 0.25) is 5.88 Å². The van der Waals surface area contributed by atoms with Gasteiger partial charge in [0.05, 0.1) is 5.56 Å². The van der Waals surface area contributed by atoms with Crippen LogP contribution in [0.1, 0.15) is 23.6 Å². The Morgan fingerprint density at radius 2 is 1.93 bits per heavy atom. The maximum absolute atomic E-state index is 13.2. The van der Waals surface area contributed by atoms with Crippen LogP contribution in [-0.2, 0) is 19.6 Å². The molecule has 0 spiro atoms. The van der Waals surface area contributed by atoms with Gasteiger partial charge in [0.25, 0.3) is 0 Å². The van der Waals surface area contributed by atoms with Gasteiger partial charge in [0, 0.05) is 24.6 Å². The summed E-state index contributed by atoms with van der Waals surface area (Å²) in [5.74, 6) is 2.41. The van der Waals surface area contributed by atoms with Crippen molar-refractivity contribution in [2.24, 2.45) is 0 Å². The summed E-state index contributed by atoms with van der Waals surface area (Å²) in [5.41, 5.74) is 2.80. The van der Waals surface area contributed by atoms with Crippen molar-refractivity contribution in [3.05, 3.63) is 59.4 Å². The van der Waals surface area contributed by atoms with E-state index in [9.17, 15) is 4.39 Å². The van der Waals surface area contributed by atoms with E-state index in [1.807, 2.05) is 6.07 Å². The van der Waals surface area contributed by atoms with E-state index in [4.69, 9.17) is 9.26 Å². The van der Waals surface area contributed by atoms with Gasteiger partial charge < -0.3 is 13.8 Å². The van der Waals surface area contributed by atoms with Gasteiger partial charge in [0.15, 0.2) is 5.82 Å². The van der Waals surface area contributed by atoms with Crippen LogP contribution in [0.25, 0.3) is 22.8 Å². The summed E-state index contributed by atoms with van der Waals surface area (Å²) in [5, 5.41) is 20.9. The molecule has 0 aliphatic carbocycles. The molecule has 9 heteroatoms. The van der Waals surface area contributed by atoms with Crippen LogP contribution in [-0.4, -0.2) is 30.1 Å². The molecule has 1 aliphatic heterocycles. The smallest absolute Gasteiger partial charge is 0.233 e. The van der Waals surface area contributed by atoms with Crippen molar-refractivity contribution in [1.29, 1.82) is 0 Å². The minimum atomic E-state index is -0.305. The number of benzene rings is 1. The number of aryl methyl sites for hydroxylation is 2. The average Bonchev–Trinajstić information content (AvgIpc) is 3.44. The molecule has 1 aliphatic rings. The molecule has 5 rings (SSSR count). The lowest BCUT2D eigenvalue weighted by Gasteiger charge is -2.06. The molecule has 29 heavy (non-hydrogen) atoms. The van der Waals surface area contributed by atoms with E-state index in [1.54, 1.807) is 25.1 Å². The third-order valence-corrected chi connectivity index (χ3v) is 4.95. The third-order valence-electron chi connectivity index (χ3n) is 4.95. The second-order valence-corrected chi connectivity index (χ2v) is 6.81. The zero-order valence-corrected chi connectivity index (χ0v) is 15.7. The standard InChI is InChI=1S/C20H17FN6O2/c1-12-15(19(26-29-12)13-4-6-14(21)7-5-13)11-28-18-9-8-16(22-24-18)20-25-23-17-3-2-10-27(17)20/h4-9H,2-3,10-11H2,1H3. The van der Waals surface area contributed by atoms with E-state index in [0.717, 1.165) is 42.2 Å². The van der Waals surface area contributed by atoms with Crippen molar-refractivity contribution in [3.8, 4) is 28.7 Å². The van der Waals surface area contributed by atoms with Crippen LogP contribution in [0.5, 0.6) is 5.88 Å². The Morgan fingerprint density at radius 3 is 2.72 bits per heavy atom. The Labute approximate surface area is 165 Å². The first-order valence-corrected chi connectivity index (χ1v) is 9.29. The van der Waals surface area contributed by atoms with Crippen molar-refractivity contribution in [3.63, 3.8) is 0 Å². The van der Waals surface area contributed by atoms with Crippen molar-refractivity contribution in [2.75, 3.05) is 0 Å². The highest BCUT2D eigenvalue weighted by molar-refractivity contribution is 5.63. The van der Waals surface area contributed by atoms with Gasteiger partial charge in [0.1, 0.15) is 35.4 Å². The van der Waals surface area contributed by atoms with Gasteiger partial charge in [-0.25, -0.2) is 4.39 Å². The molecular formula is C20H17FN6O2. The molecule has 0 radical (unpaired) electrons. The number of hydrogen-bond donors (Lipinski definition) is 0. The molecular weight excluding hydrogens is 375 g/mol. The maximum atomic E-state index is 13.2. The van der Waals surface area contributed by atoms with Crippen molar-refractivity contribution >= 4 is 0 Å². The number of fused-ring (bicyclic) bond motifs is 1. The minimum absolute atomic E-state index is 0.205. The molecule has 4 aromatic rings. The summed E-state index contributed by atoms with van der Waals surface area (Å²) in [7, 11) is 0. The first-order valence-electron chi connectivity index (χ1n) is 9.29. The molecule has 4 heterocycles. The van der Waals surface area contributed by atoms with E-state index in [0.29, 0.717) is 23.0 Å². The molecule has 0 fully saturated rings. The van der Waals surface area contributed by atoms with Gasteiger partial charge >= 0.3 is 0 Å². The van der Waals surface area contributed by atoms with Gasteiger partial charge in [-0.2, -0.15) is 0 Å². The lowest BCUT2D eigenvalue weighted by atomic mass is 10.1. The number of ether oxygens (including phenoxy) is 1. The highest BCUT2D eigenvalue weighted by Crippen LogP contribution is 2.27. The quantitative estimate of drug-likeness (QED) is 0.514. The normalized spacial score (nSPS) is 12.9. The number of halogens is 1. The number of rotatable bonds is 5. The van der Waals surface area contributed by atoms with Crippen molar-refractivity contribution < 1.29 is 13.7 Å². The van der Waals surface area contributed by atoms with Crippen LogP contribution in [0.3, 0.4) is 0 Å². The van der Waals surface area contributed by atoms with E-state index in [1.165, 1.54) is 12.1 Å². The molecule has 146 valence electrons. The first kappa shape index (κ1) is 17.5. The molecule has 0 atom stereocenters. The molecule has 0 bridgehead atoms. The molecule has 0 unspecified atom stereocenters. The zero-order chi connectivity index (χ0) is 19.8. The van der Waals surface area contributed by atoms with Gasteiger partial charge in [-0.3, -0.25) is 0 Å². The third kappa shape index (κ3) is 3.24. The molecule has 1 aromatic carbocycles. The van der Waals surface area contributed by atoms with Crippen molar-refractivity contribution in [1.82, 2.24) is 30.1 Å². The molecule has 0 saturated carbocycles. The Balaban J connectivity index is 1.33. The predicted molar refractivity (Wildman–Crippen MR) is 100 cm³/mol. The fourth-order valence-corrected chi connectivity index (χ4v) is 3.40. The fourth-order valence-electron chi connectivity index (χ4n) is 3.40. The lowest BCUT2D eigenvalue weighted by Crippen LogP contribution is -2.02. The first-order chi connectivity index (χ1) is 14.2. The summed E-state index contributed by atoms with van der Waals surface area (Å²) in [6, 6.07) is 9.65. The molecule has 8 nitrogen and oxygen atoms in total. The summed E-state index contributed by atoms with van der Waals surface area (Å²) >= 11 is 0. The Kier molecular flexibility index (Phi) is 4.27. The summed E-state index contributed by atoms with van der Waals surface area (Å²) in [4.78, 5) is 0. The largest absolute Gasteiger partial charge is 0.472 e. The van der Waals surface area contributed by atoms with E-state index >= 15 is 0 Å². The highest BCUT2D eigenvalue weighted by atomic mass is 19.1. The number of aromatic nitrogens is 6. The molecule has 0 N–H and O–H groups in total. The number of hydrogen-bond acceptors (Lipinski definition) is 7.